The third-order valence-corrected chi connectivity index (χ3v) is 4.50. The van der Waals surface area contributed by atoms with Crippen LogP contribution in [0.3, 0.4) is 0 Å². The van der Waals surface area contributed by atoms with Crippen molar-refractivity contribution in [3.63, 3.8) is 0 Å². The van der Waals surface area contributed by atoms with Crippen LogP contribution < -0.4 is 0 Å². The third kappa shape index (κ3) is 2.76. The van der Waals surface area contributed by atoms with Crippen molar-refractivity contribution in [3.05, 3.63) is 54.6 Å². The van der Waals surface area contributed by atoms with Crippen molar-refractivity contribution in [1.82, 2.24) is 4.98 Å². The highest BCUT2D eigenvalue weighted by Gasteiger charge is 2.25. The number of benzene rings is 1. The minimum atomic E-state index is -3.61. The summed E-state index contributed by atoms with van der Waals surface area (Å²) in [7, 11) is -3.61. The van der Waals surface area contributed by atoms with Crippen LogP contribution in [-0.2, 0) is 16.3 Å². The van der Waals surface area contributed by atoms with Gasteiger partial charge in [-0.3, -0.25) is 0 Å². The highest BCUT2D eigenvalue weighted by Crippen LogP contribution is 2.24. The van der Waals surface area contributed by atoms with Crippen LogP contribution in [0.15, 0.2) is 57.7 Å². The number of rotatable bonds is 5. The van der Waals surface area contributed by atoms with E-state index in [4.69, 9.17) is 4.42 Å². The summed E-state index contributed by atoms with van der Waals surface area (Å²) < 4.78 is 30.0. The third-order valence-electron chi connectivity index (χ3n) is 2.76. The van der Waals surface area contributed by atoms with Gasteiger partial charge in [0, 0.05) is 6.42 Å². The molecule has 0 atom stereocenters. The van der Waals surface area contributed by atoms with Crippen LogP contribution in [0.5, 0.6) is 0 Å². The van der Waals surface area contributed by atoms with Crippen molar-refractivity contribution in [1.29, 1.82) is 0 Å². The molecule has 1 heterocycles. The number of hydrogen-bond donors (Lipinski definition) is 0. The molecule has 0 N–H and O–H groups in total. The molecule has 0 radical (unpaired) electrons. The standard InChI is InChI=1S/C14H15NO3S/c1-3-4-5-13-14(15-10-18-13)19(16,17)12-8-6-11(2)7-9-12/h3,6-10H,1,4-5H2,2H3. The number of nitrogens with zero attached hydrogens (tertiary/aromatic N) is 1. The topological polar surface area (TPSA) is 60.2 Å². The van der Waals surface area contributed by atoms with Gasteiger partial charge in [-0.1, -0.05) is 23.8 Å². The predicted octanol–water partition coefficient (Wildman–Crippen LogP) is 2.93. The molecule has 1 aromatic carbocycles. The zero-order valence-electron chi connectivity index (χ0n) is 10.7. The number of allylic oxidation sites excluding steroid dienone is 1. The van der Waals surface area contributed by atoms with Gasteiger partial charge in [0.05, 0.1) is 4.90 Å². The SMILES string of the molecule is C=CCCc1ocnc1S(=O)(=O)c1ccc(C)cc1. The molecule has 2 aromatic rings. The van der Waals surface area contributed by atoms with Crippen molar-refractivity contribution in [2.24, 2.45) is 0 Å². The largest absolute Gasteiger partial charge is 0.447 e. The maximum Gasteiger partial charge on any atom is 0.227 e. The molecule has 4 nitrogen and oxygen atoms in total. The monoisotopic (exact) mass is 277 g/mol. The van der Waals surface area contributed by atoms with Crippen molar-refractivity contribution < 1.29 is 12.8 Å². The summed E-state index contributed by atoms with van der Waals surface area (Å²) in [5.41, 5.74) is 1.01. The molecule has 5 heteroatoms. The average Bonchev–Trinajstić information content (AvgIpc) is 2.86. The number of aromatic nitrogens is 1. The fourth-order valence-electron chi connectivity index (χ4n) is 1.71. The number of hydrogen-bond acceptors (Lipinski definition) is 4. The van der Waals surface area contributed by atoms with E-state index in [1.54, 1.807) is 30.3 Å². The van der Waals surface area contributed by atoms with Gasteiger partial charge in [-0.15, -0.1) is 6.58 Å². The first kappa shape index (κ1) is 13.5. The maximum atomic E-state index is 12.4. The lowest BCUT2D eigenvalue weighted by Crippen LogP contribution is -2.05. The summed E-state index contributed by atoms with van der Waals surface area (Å²) in [6.07, 6.45) is 4.00. The molecule has 2 rings (SSSR count). The minimum Gasteiger partial charge on any atom is -0.447 e. The van der Waals surface area contributed by atoms with Gasteiger partial charge >= 0.3 is 0 Å². The summed E-state index contributed by atoms with van der Waals surface area (Å²) in [6, 6.07) is 6.68. The molecule has 0 unspecified atom stereocenters. The summed E-state index contributed by atoms with van der Waals surface area (Å²) in [4.78, 5) is 4.08. The molecular weight excluding hydrogens is 262 g/mol. The van der Waals surface area contributed by atoms with E-state index in [9.17, 15) is 8.42 Å². The Morgan fingerprint density at radius 2 is 2.00 bits per heavy atom. The number of oxazole rings is 1. The molecule has 0 amide bonds. The van der Waals surface area contributed by atoms with Crippen LogP contribution in [0, 0.1) is 6.92 Å². The lowest BCUT2D eigenvalue weighted by molar-refractivity contribution is 0.496. The molecule has 0 saturated heterocycles. The summed E-state index contributed by atoms with van der Waals surface area (Å²) in [6.45, 7) is 5.51. The van der Waals surface area contributed by atoms with E-state index in [0.717, 1.165) is 5.56 Å². The van der Waals surface area contributed by atoms with Gasteiger partial charge in [-0.2, -0.15) is 0 Å². The first-order valence-corrected chi connectivity index (χ1v) is 7.39. The molecule has 0 saturated carbocycles. The highest BCUT2D eigenvalue weighted by atomic mass is 32.2. The van der Waals surface area contributed by atoms with E-state index in [-0.39, 0.29) is 9.92 Å². The normalized spacial score (nSPS) is 11.4. The molecule has 0 fully saturated rings. The summed E-state index contributed by atoms with van der Waals surface area (Å²) >= 11 is 0. The second-order valence-electron chi connectivity index (χ2n) is 4.22. The molecule has 1 aromatic heterocycles. The summed E-state index contributed by atoms with van der Waals surface area (Å²) in [5.74, 6) is 0.375. The Bertz CT molecular complexity index is 669. The van der Waals surface area contributed by atoms with Gasteiger partial charge in [0.15, 0.2) is 6.39 Å². The highest BCUT2D eigenvalue weighted by molar-refractivity contribution is 7.91. The Balaban J connectivity index is 2.42. The number of aryl methyl sites for hydroxylation is 2. The van der Waals surface area contributed by atoms with Gasteiger partial charge in [0.25, 0.3) is 0 Å². The Kier molecular flexibility index (Phi) is 3.85. The molecule has 100 valence electrons. The van der Waals surface area contributed by atoms with Gasteiger partial charge in [-0.05, 0) is 25.5 Å². The van der Waals surface area contributed by atoms with E-state index in [0.29, 0.717) is 18.6 Å². The molecule has 0 bridgehead atoms. The first-order chi connectivity index (χ1) is 9.05. The smallest absolute Gasteiger partial charge is 0.227 e. The Morgan fingerprint density at radius 3 is 2.63 bits per heavy atom. The molecule has 0 aliphatic carbocycles. The first-order valence-electron chi connectivity index (χ1n) is 5.90. The van der Waals surface area contributed by atoms with Gasteiger partial charge in [0.1, 0.15) is 5.76 Å². The maximum absolute atomic E-state index is 12.4. The van der Waals surface area contributed by atoms with Crippen LogP contribution in [0.1, 0.15) is 17.7 Å². The van der Waals surface area contributed by atoms with Crippen LogP contribution in [-0.4, -0.2) is 13.4 Å². The van der Waals surface area contributed by atoms with Gasteiger partial charge < -0.3 is 4.42 Å². The fraction of sp³-hybridized carbons (Fsp3) is 0.214. The van der Waals surface area contributed by atoms with Crippen LogP contribution in [0.2, 0.25) is 0 Å². The second-order valence-corrected chi connectivity index (χ2v) is 6.09. The average molecular weight is 277 g/mol. The lowest BCUT2D eigenvalue weighted by atomic mass is 10.2. The lowest BCUT2D eigenvalue weighted by Gasteiger charge is -2.03. The van der Waals surface area contributed by atoms with Gasteiger partial charge in [0.2, 0.25) is 14.9 Å². The zero-order chi connectivity index (χ0) is 13.9. The molecule has 19 heavy (non-hydrogen) atoms. The quantitative estimate of drug-likeness (QED) is 0.788. The van der Waals surface area contributed by atoms with Crippen molar-refractivity contribution >= 4 is 9.84 Å². The van der Waals surface area contributed by atoms with Crippen LogP contribution >= 0.6 is 0 Å². The zero-order valence-corrected chi connectivity index (χ0v) is 11.5. The van der Waals surface area contributed by atoms with E-state index >= 15 is 0 Å². The Labute approximate surface area is 112 Å². The molecule has 0 aliphatic rings. The fourth-order valence-corrected chi connectivity index (χ4v) is 3.06. The van der Waals surface area contributed by atoms with Crippen molar-refractivity contribution in [2.45, 2.75) is 29.7 Å². The van der Waals surface area contributed by atoms with E-state index in [2.05, 4.69) is 11.6 Å². The predicted molar refractivity (Wildman–Crippen MR) is 71.7 cm³/mol. The van der Waals surface area contributed by atoms with E-state index in [1.807, 2.05) is 6.92 Å². The van der Waals surface area contributed by atoms with Crippen LogP contribution in [0.4, 0.5) is 0 Å². The molecular formula is C14H15NO3S. The number of sulfone groups is 1. The minimum absolute atomic E-state index is 0.00166. The Morgan fingerprint density at radius 1 is 1.32 bits per heavy atom. The van der Waals surface area contributed by atoms with Crippen molar-refractivity contribution in [3.8, 4) is 0 Å². The van der Waals surface area contributed by atoms with Gasteiger partial charge in [-0.25, -0.2) is 13.4 Å². The summed E-state index contributed by atoms with van der Waals surface area (Å²) in [5, 5.41) is -0.00166. The Hall–Kier alpha value is -1.88. The molecule has 0 aliphatic heterocycles. The van der Waals surface area contributed by atoms with Crippen molar-refractivity contribution in [2.75, 3.05) is 0 Å². The van der Waals surface area contributed by atoms with E-state index in [1.165, 1.54) is 6.39 Å². The van der Waals surface area contributed by atoms with E-state index < -0.39 is 9.84 Å². The molecule has 0 spiro atoms. The second kappa shape index (κ2) is 5.40. The van der Waals surface area contributed by atoms with Crippen LogP contribution in [0.25, 0.3) is 0 Å².